The van der Waals surface area contributed by atoms with Crippen molar-refractivity contribution in [1.29, 1.82) is 0 Å². The second kappa shape index (κ2) is 7.00. The van der Waals surface area contributed by atoms with E-state index in [1.807, 2.05) is 0 Å². The van der Waals surface area contributed by atoms with Crippen molar-refractivity contribution < 1.29 is 26.4 Å². The molecular formula is C15H10F3N3O3S2. The molecule has 1 aliphatic rings. The van der Waals surface area contributed by atoms with E-state index in [2.05, 4.69) is 15.0 Å². The zero-order chi connectivity index (χ0) is 18.9. The molecule has 0 aliphatic carbocycles. The molecule has 26 heavy (non-hydrogen) atoms. The van der Waals surface area contributed by atoms with Crippen molar-refractivity contribution in [2.45, 2.75) is 4.90 Å². The molecule has 0 spiro atoms. The fraction of sp³-hybridized carbons (Fsp3) is 0.0667. The summed E-state index contributed by atoms with van der Waals surface area (Å²) in [6.07, 6.45) is 0. The molecule has 1 heterocycles. The lowest BCUT2D eigenvalue weighted by molar-refractivity contribution is -0.113. The summed E-state index contributed by atoms with van der Waals surface area (Å²) in [6, 6.07) is 5.84. The zero-order valence-corrected chi connectivity index (χ0v) is 14.4. The van der Waals surface area contributed by atoms with E-state index >= 15 is 0 Å². The van der Waals surface area contributed by atoms with Crippen LogP contribution in [0.2, 0.25) is 0 Å². The van der Waals surface area contributed by atoms with Crippen LogP contribution in [0, 0.1) is 17.5 Å². The van der Waals surface area contributed by atoms with Crippen molar-refractivity contribution in [3.05, 3.63) is 53.8 Å². The number of fused-ring (bicyclic) bond motifs is 1. The molecule has 11 heteroatoms. The van der Waals surface area contributed by atoms with E-state index in [4.69, 9.17) is 0 Å². The number of sulfonamides is 1. The van der Waals surface area contributed by atoms with Gasteiger partial charge in [0.2, 0.25) is 5.91 Å². The number of hydrogen-bond acceptors (Lipinski definition) is 5. The van der Waals surface area contributed by atoms with E-state index in [0.717, 1.165) is 36.0 Å². The highest BCUT2D eigenvalue weighted by Crippen LogP contribution is 2.30. The number of benzene rings is 2. The maximum absolute atomic E-state index is 13.5. The van der Waals surface area contributed by atoms with Crippen molar-refractivity contribution in [3.63, 3.8) is 0 Å². The summed E-state index contributed by atoms with van der Waals surface area (Å²) in [7, 11) is -4.10. The van der Waals surface area contributed by atoms with E-state index < -0.39 is 33.4 Å². The Balaban J connectivity index is 1.68. The predicted molar refractivity (Wildman–Crippen MR) is 92.1 cm³/mol. The zero-order valence-electron chi connectivity index (χ0n) is 12.8. The summed E-state index contributed by atoms with van der Waals surface area (Å²) in [5, 5.41) is 4.84. The summed E-state index contributed by atoms with van der Waals surface area (Å²) in [5.41, 5.74) is -0.0714. The van der Waals surface area contributed by atoms with Crippen LogP contribution in [0.5, 0.6) is 0 Å². The molecule has 2 aromatic rings. The first kappa shape index (κ1) is 18.3. The molecule has 2 aromatic carbocycles. The minimum absolute atomic E-state index is 0.0844. The lowest BCUT2D eigenvalue weighted by Crippen LogP contribution is -2.22. The second-order valence-electron chi connectivity index (χ2n) is 5.10. The molecule has 1 amide bonds. The van der Waals surface area contributed by atoms with Gasteiger partial charge in [0.15, 0.2) is 5.17 Å². The average molecular weight is 401 g/mol. The molecule has 0 saturated heterocycles. The van der Waals surface area contributed by atoms with Gasteiger partial charge in [0.25, 0.3) is 10.0 Å². The highest BCUT2D eigenvalue weighted by atomic mass is 32.2. The summed E-state index contributed by atoms with van der Waals surface area (Å²) >= 11 is 0.761. The first-order valence-corrected chi connectivity index (χ1v) is 9.46. The van der Waals surface area contributed by atoms with Gasteiger partial charge in [-0.1, -0.05) is 11.8 Å². The average Bonchev–Trinajstić information content (AvgIpc) is 2.56. The number of hydrogen-bond donors (Lipinski definition) is 2. The molecular weight excluding hydrogens is 391 g/mol. The standard InChI is InChI=1S/C15H10F3N3O3S2/c16-8-1-3-11(10(18)5-8)19-14(22)7-25-15-20-12-4-2-9(17)6-13(12)26(23,24)21-15/h1-6H,7H2,(H,19,22)(H,20,21). The fourth-order valence-corrected chi connectivity index (χ4v) is 4.13. The number of anilines is 2. The molecule has 136 valence electrons. The molecule has 0 bridgehead atoms. The van der Waals surface area contributed by atoms with Gasteiger partial charge in [-0.05, 0) is 30.3 Å². The topological polar surface area (TPSA) is 87.6 Å². The maximum Gasteiger partial charge on any atom is 0.286 e. The normalized spacial score (nSPS) is 14.8. The van der Waals surface area contributed by atoms with Crippen LogP contribution in [0.15, 0.2) is 45.7 Å². The Labute approximate surface area is 150 Å². The summed E-state index contributed by atoms with van der Waals surface area (Å²) < 4.78 is 67.1. The molecule has 0 atom stereocenters. The number of nitrogens with one attached hydrogen (secondary N) is 2. The lowest BCUT2D eigenvalue weighted by atomic mass is 10.3. The van der Waals surface area contributed by atoms with E-state index in [1.54, 1.807) is 0 Å². The quantitative estimate of drug-likeness (QED) is 0.826. The number of amidine groups is 1. The van der Waals surface area contributed by atoms with Gasteiger partial charge in [-0.2, -0.15) is 8.42 Å². The second-order valence-corrected chi connectivity index (χ2v) is 7.63. The SMILES string of the molecule is O=C(CSC1=NS(=O)(=O)c2cc(F)ccc2N1)Nc1ccc(F)cc1F. The van der Waals surface area contributed by atoms with Crippen LogP contribution in [0.1, 0.15) is 0 Å². The van der Waals surface area contributed by atoms with Gasteiger partial charge in [0, 0.05) is 6.07 Å². The van der Waals surface area contributed by atoms with Gasteiger partial charge in [-0.25, -0.2) is 13.2 Å². The van der Waals surface area contributed by atoms with Gasteiger partial charge >= 0.3 is 0 Å². The van der Waals surface area contributed by atoms with Crippen molar-refractivity contribution >= 4 is 44.2 Å². The van der Waals surface area contributed by atoms with Crippen LogP contribution >= 0.6 is 11.8 Å². The Kier molecular flexibility index (Phi) is 4.92. The van der Waals surface area contributed by atoms with Crippen molar-refractivity contribution in [2.24, 2.45) is 4.40 Å². The van der Waals surface area contributed by atoms with Crippen LogP contribution in [-0.4, -0.2) is 25.2 Å². The number of rotatable bonds is 3. The number of carbonyl (C=O) groups excluding carboxylic acids is 1. The third-order valence-electron chi connectivity index (χ3n) is 3.21. The van der Waals surface area contributed by atoms with Crippen molar-refractivity contribution in [2.75, 3.05) is 16.4 Å². The molecule has 2 N–H and O–H groups in total. The van der Waals surface area contributed by atoms with Crippen molar-refractivity contribution in [3.8, 4) is 0 Å². The van der Waals surface area contributed by atoms with Crippen LogP contribution in [0.4, 0.5) is 24.5 Å². The van der Waals surface area contributed by atoms with Crippen LogP contribution in [0.25, 0.3) is 0 Å². The lowest BCUT2D eigenvalue weighted by Gasteiger charge is -2.17. The predicted octanol–water partition coefficient (Wildman–Crippen LogP) is 2.95. The third-order valence-corrected chi connectivity index (χ3v) is 5.52. The first-order valence-electron chi connectivity index (χ1n) is 7.04. The molecule has 0 saturated carbocycles. The number of halogens is 3. The Hall–Kier alpha value is -2.53. The Bertz CT molecular complexity index is 1030. The monoisotopic (exact) mass is 401 g/mol. The molecule has 3 rings (SSSR count). The molecule has 0 unspecified atom stereocenters. The number of amides is 1. The fourth-order valence-electron chi connectivity index (χ4n) is 2.08. The van der Waals surface area contributed by atoms with Crippen LogP contribution < -0.4 is 10.6 Å². The largest absolute Gasteiger partial charge is 0.333 e. The number of carbonyl (C=O) groups is 1. The summed E-state index contributed by atoms with van der Waals surface area (Å²) in [5.74, 6) is -3.37. The Morgan fingerprint density at radius 2 is 1.81 bits per heavy atom. The van der Waals surface area contributed by atoms with E-state index in [1.165, 1.54) is 6.07 Å². The van der Waals surface area contributed by atoms with Gasteiger partial charge < -0.3 is 10.6 Å². The van der Waals surface area contributed by atoms with Gasteiger partial charge in [-0.15, -0.1) is 4.40 Å². The highest BCUT2D eigenvalue weighted by molar-refractivity contribution is 8.15. The first-order chi connectivity index (χ1) is 12.2. The number of thioether (sulfide) groups is 1. The van der Waals surface area contributed by atoms with E-state index in [-0.39, 0.29) is 27.2 Å². The van der Waals surface area contributed by atoms with E-state index in [0.29, 0.717) is 6.07 Å². The molecule has 0 radical (unpaired) electrons. The molecule has 0 fully saturated rings. The smallest absolute Gasteiger partial charge is 0.286 e. The van der Waals surface area contributed by atoms with E-state index in [9.17, 15) is 26.4 Å². The molecule has 6 nitrogen and oxygen atoms in total. The number of nitrogens with zero attached hydrogens (tertiary/aromatic N) is 1. The maximum atomic E-state index is 13.5. The summed E-state index contributed by atoms with van der Waals surface area (Å²) in [4.78, 5) is 11.6. The third kappa shape index (κ3) is 3.99. The summed E-state index contributed by atoms with van der Waals surface area (Å²) in [6.45, 7) is 0. The van der Waals surface area contributed by atoms with Gasteiger partial charge in [0.05, 0.1) is 17.1 Å². The minimum Gasteiger partial charge on any atom is -0.333 e. The molecule has 1 aliphatic heterocycles. The minimum atomic E-state index is -4.10. The Morgan fingerprint density at radius 3 is 2.54 bits per heavy atom. The van der Waals surface area contributed by atoms with Gasteiger partial charge in [0.1, 0.15) is 22.3 Å². The highest BCUT2D eigenvalue weighted by Gasteiger charge is 2.26. The van der Waals surface area contributed by atoms with Crippen molar-refractivity contribution in [1.82, 2.24) is 0 Å². The Morgan fingerprint density at radius 1 is 1.12 bits per heavy atom. The van der Waals surface area contributed by atoms with Gasteiger partial charge in [-0.3, -0.25) is 4.79 Å². The molecule has 0 aromatic heterocycles. The van der Waals surface area contributed by atoms with Crippen LogP contribution in [0.3, 0.4) is 0 Å². The van der Waals surface area contributed by atoms with Crippen LogP contribution in [-0.2, 0) is 14.8 Å².